The molecule has 1 atom stereocenters. The topological polar surface area (TPSA) is 61.4 Å². The van der Waals surface area contributed by atoms with E-state index in [4.69, 9.17) is 0 Å². The van der Waals surface area contributed by atoms with Crippen LogP contribution in [0, 0.1) is 24.4 Å². The second-order valence-electron chi connectivity index (χ2n) is 5.35. The standard InChI is InChI=1S/C17H17F3N2O2/c1-10-2-4-11(5-3-10)8-21-17(24)22-15(9-23)12-6-13(18)16(20)14(19)7-12/h2-7,15,23H,8-9H2,1H3,(H2,21,22,24). The highest BCUT2D eigenvalue weighted by Gasteiger charge is 2.18. The molecule has 7 heteroatoms. The zero-order chi connectivity index (χ0) is 17.7. The van der Waals surface area contributed by atoms with Crippen LogP contribution in [0.15, 0.2) is 36.4 Å². The minimum absolute atomic E-state index is 0.0700. The number of aliphatic hydroxyl groups excluding tert-OH is 1. The minimum atomic E-state index is -1.60. The number of hydrogen-bond acceptors (Lipinski definition) is 2. The van der Waals surface area contributed by atoms with E-state index in [1.807, 2.05) is 31.2 Å². The summed E-state index contributed by atoms with van der Waals surface area (Å²) in [6.07, 6.45) is 0. The minimum Gasteiger partial charge on any atom is -0.394 e. The van der Waals surface area contributed by atoms with Gasteiger partial charge in [0.05, 0.1) is 12.6 Å². The van der Waals surface area contributed by atoms with Crippen molar-refractivity contribution < 1.29 is 23.1 Å². The van der Waals surface area contributed by atoms with E-state index in [1.54, 1.807) is 0 Å². The number of halogens is 3. The van der Waals surface area contributed by atoms with E-state index in [9.17, 15) is 23.1 Å². The van der Waals surface area contributed by atoms with Crippen molar-refractivity contribution in [1.82, 2.24) is 10.6 Å². The molecule has 0 spiro atoms. The normalized spacial score (nSPS) is 11.9. The van der Waals surface area contributed by atoms with Crippen LogP contribution in [-0.4, -0.2) is 17.7 Å². The summed E-state index contributed by atoms with van der Waals surface area (Å²) in [6, 6.07) is 7.28. The van der Waals surface area contributed by atoms with E-state index in [0.29, 0.717) is 0 Å². The maximum absolute atomic E-state index is 13.3. The van der Waals surface area contributed by atoms with Crippen LogP contribution in [0.3, 0.4) is 0 Å². The molecular weight excluding hydrogens is 321 g/mol. The van der Waals surface area contributed by atoms with Gasteiger partial charge in [-0.2, -0.15) is 0 Å². The van der Waals surface area contributed by atoms with E-state index < -0.39 is 36.1 Å². The van der Waals surface area contributed by atoms with Crippen molar-refractivity contribution in [2.75, 3.05) is 6.61 Å². The lowest BCUT2D eigenvalue weighted by atomic mass is 10.1. The van der Waals surface area contributed by atoms with Crippen LogP contribution >= 0.6 is 0 Å². The molecule has 1 unspecified atom stereocenters. The second-order valence-corrected chi connectivity index (χ2v) is 5.35. The number of urea groups is 1. The molecule has 2 aromatic rings. The summed E-state index contributed by atoms with van der Waals surface area (Å²) in [4.78, 5) is 11.9. The highest BCUT2D eigenvalue weighted by molar-refractivity contribution is 5.74. The number of aliphatic hydroxyl groups is 1. The maximum atomic E-state index is 13.3. The molecule has 128 valence electrons. The molecule has 0 fully saturated rings. The first-order valence-corrected chi connectivity index (χ1v) is 7.26. The van der Waals surface area contributed by atoms with Crippen molar-refractivity contribution in [2.45, 2.75) is 19.5 Å². The molecule has 0 saturated heterocycles. The van der Waals surface area contributed by atoms with E-state index in [2.05, 4.69) is 10.6 Å². The van der Waals surface area contributed by atoms with E-state index >= 15 is 0 Å². The molecule has 0 aliphatic heterocycles. The zero-order valence-electron chi connectivity index (χ0n) is 12.9. The van der Waals surface area contributed by atoms with E-state index in [-0.39, 0.29) is 12.1 Å². The van der Waals surface area contributed by atoms with Gasteiger partial charge in [-0.1, -0.05) is 29.8 Å². The molecular formula is C17H17F3N2O2. The zero-order valence-corrected chi connectivity index (χ0v) is 12.9. The summed E-state index contributed by atoms with van der Waals surface area (Å²) in [7, 11) is 0. The Morgan fingerprint density at radius 3 is 2.25 bits per heavy atom. The monoisotopic (exact) mass is 338 g/mol. The lowest BCUT2D eigenvalue weighted by Gasteiger charge is -2.18. The Balaban J connectivity index is 1.99. The van der Waals surface area contributed by atoms with E-state index in [0.717, 1.165) is 23.3 Å². The van der Waals surface area contributed by atoms with Crippen LogP contribution in [0.1, 0.15) is 22.7 Å². The quantitative estimate of drug-likeness (QED) is 0.734. The van der Waals surface area contributed by atoms with Gasteiger partial charge in [0.1, 0.15) is 0 Å². The number of hydrogen-bond donors (Lipinski definition) is 3. The highest BCUT2D eigenvalue weighted by Crippen LogP contribution is 2.19. The third kappa shape index (κ3) is 4.48. The van der Waals surface area contributed by atoms with Crippen molar-refractivity contribution >= 4 is 6.03 Å². The number of rotatable bonds is 5. The lowest BCUT2D eigenvalue weighted by molar-refractivity contribution is 0.216. The first-order valence-electron chi connectivity index (χ1n) is 7.26. The Bertz CT molecular complexity index is 697. The van der Waals surface area contributed by atoms with Gasteiger partial charge >= 0.3 is 6.03 Å². The smallest absolute Gasteiger partial charge is 0.315 e. The average molecular weight is 338 g/mol. The summed E-state index contributed by atoms with van der Waals surface area (Å²) in [5.74, 6) is -4.37. The summed E-state index contributed by atoms with van der Waals surface area (Å²) in [5, 5.41) is 14.3. The van der Waals surface area contributed by atoms with Crippen LogP contribution in [0.5, 0.6) is 0 Å². The molecule has 2 aromatic carbocycles. The number of nitrogens with one attached hydrogen (secondary N) is 2. The first kappa shape index (κ1) is 17.8. The van der Waals surface area contributed by atoms with Crippen LogP contribution in [0.4, 0.5) is 18.0 Å². The summed E-state index contributed by atoms with van der Waals surface area (Å²) < 4.78 is 39.5. The van der Waals surface area contributed by atoms with E-state index in [1.165, 1.54) is 0 Å². The Labute approximate surface area is 137 Å². The number of benzene rings is 2. The molecule has 0 aliphatic carbocycles. The number of carbonyl (C=O) groups excluding carboxylic acids is 1. The predicted molar refractivity (Wildman–Crippen MR) is 82.7 cm³/mol. The fourth-order valence-electron chi connectivity index (χ4n) is 2.11. The van der Waals surface area contributed by atoms with Crippen LogP contribution in [0.25, 0.3) is 0 Å². The van der Waals surface area contributed by atoms with Gasteiger partial charge in [-0.25, -0.2) is 18.0 Å². The van der Waals surface area contributed by atoms with Gasteiger partial charge < -0.3 is 15.7 Å². The third-order valence-corrected chi connectivity index (χ3v) is 3.47. The molecule has 0 saturated carbocycles. The molecule has 0 aromatic heterocycles. The predicted octanol–water partition coefficient (Wildman–Crippen LogP) is 2.95. The number of aryl methyl sites for hydroxylation is 1. The van der Waals surface area contributed by atoms with Crippen molar-refractivity contribution in [3.8, 4) is 0 Å². The average Bonchev–Trinajstić information content (AvgIpc) is 2.56. The summed E-state index contributed by atoms with van der Waals surface area (Å²) in [6.45, 7) is 1.59. The van der Waals surface area contributed by atoms with Gasteiger partial charge in [0, 0.05) is 6.54 Å². The molecule has 4 nitrogen and oxygen atoms in total. The Morgan fingerprint density at radius 1 is 1.12 bits per heavy atom. The molecule has 24 heavy (non-hydrogen) atoms. The summed E-state index contributed by atoms with van der Waals surface area (Å²) in [5.41, 5.74) is 1.89. The van der Waals surface area contributed by atoms with Gasteiger partial charge in [0.2, 0.25) is 0 Å². The van der Waals surface area contributed by atoms with Crippen molar-refractivity contribution in [3.63, 3.8) is 0 Å². The fourth-order valence-corrected chi connectivity index (χ4v) is 2.11. The van der Waals surface area contributed by atoms with Gasteiger partial charge in [0.15, 0.2) is 17.5 Å². The highest BCUT2D eigenvalue weighted by atomic mass is 19.2. The van der Waals surface area contributed by atoms with Gasteiger partial charge in [-0.15, -0.1) is 0 Å². The maximum Gasteiger partial charge on any atom is 0.315 e. The van der Waals surface area contributed by atoms with Gasteiger partial charge in [-0.3, -0.25) is 0 Å². The van der Waals surface area contributed by atoms with Crippen LogP contribution in [-0.2, 0) is 6.54 Å². The number of carbonyl (C=O) groups is 1. The molecule has 3 N–H and O–H groups in total. The second kappa shape index (κ2) is 7.83. The Morgan fingerprint density at radius 2 is 1.71 bits per heavy atom. The first-order chi connectivity index (χ1) is 11.4. The fraction of sp³-hybridized carbons (Fsp3) is 0.235. The van der Waals surface area contributed by atoms with Gasteiger partial charge in [-0.05, 0) is 30.2 Å². The Kier molecular flexibility index (Phi) is 5.81. The largest absolute Gasteiger partial charge is 0.394 e. The van der Waals surface area contributed by atoms with Crippen molar-refractivity contribution in [3.05, 3.63) is 70.5 Å². The van der Waals surface area contributed by atoms with Crippen molar-refractivity contribution in [1.29, 1.82) is 0 Å². The molecule has 2 rings (SSSR count). The molecule has 0 bridgehead atoms. The lowest BCUT2D eigenvalue weighted by Crippen LogP contribution is -2.39. The molecule has 2 amide bonds. The van der Waals surface area contributed by atoms with Crippen molar-refractivity contribution in [2.24, 2.45) is 0 Å². The number of amides is 2. The van der Waals surface area contributed by atoms with Gasteiger partial charge in [0.25, 0.3) is 0 Å². The molecule has 0 aliphatic rings. The summed E-state index contributed by atoms with van der Waals surface area (Å²) >= 11 is 0. The third-order valence-electron chi connectivity index (χ3n) is 3.47. The van der Waals surface area contributed by atoms with Crippen LogP contribution in [0.2, 0.25) is 0 Å². The van der Waals surface area contributed by atoms with Crippen LogP contribution < -0.4 is 10.6 Å². The SMILES string of the molecule is Cc1ccc(CNC(=O)NC(CO)c2cc(F)c(F)c(F)c2)cc1. The Hall–Kier alpha value is -2.54. The molecule has 0 heterocycles. The molecule has 0 radical (unpaired) electrons.